The van der Waals surface area contributed by atoms with E-state index in [1.807, 2.05) is 43.3 Å². The van der Waals surface area contributed by atoms with E-state index in [-0.39, 0.29) is 17.5 Å². The van der Waals surface area contributed by atoms with Crippen molar-refractivity contribution in [1.82, 2.24) is 14.9 Å². The van der Waals surface area contributed by atoms with Gasteiger partial charge < -0.3 is 14.4 Å². The molecule has 0 fully saturated rings. The van der Waals surface area contributed by atoms with Gasteiger partial charge in [0.1, 0.15) is 5.56 Å². The molecule has 0 radical (unpaired) electrons. The number of aromatic nitrogens is 2. The topological polar surface area (TPSA) is 64.6 Å². The third-order valence-corrected chi connectivity index (χ3v) is 5.94. The van der Waals surface area contributed by atoms with Crippen molar-refractivity contribution in [2.75, 3.05) is 7.11 Å². The Balaban J connectivity index is 1.34. The Morgan fingerprint density at radius 2 is 1.71 bits per heavy atom. The molecule has 0 unspecified atom stereocenters. The Bertz CT molecular complexity index is 1390. The van der Waals surface area contributed by atoms with Crippen LogP contribution in [0.1, 0.15) is 32.7 Å². The average Bonchev–Trinajstić information content (AvgIpc) is 3.18. The zero-order valence-electron chi connectivity index (χ0n) is 19.5. The van der Waals surface area contributed by atoms with E-state index in [1.54, 1.807) is 42.6 Å². The number of hydrogen-bond acceptors (Lipinski definition) is 5. The summed E-state index contributed by atoms with van der Waals surface area (Å²) in [6, 6.07) is 18.5. The van der Waals surface area contributed by atoms with Crippen LogP contribution in [0.4, 0.5) is 4.39 Å². The number of nitrogens with zero attached hydrogens (tertiary/aromatic N) is 3. The normalized spacial score (nSPS) is 12.7. The molecule has 35 heavy (non-hydrogen) atoms. The van der Waals surface area contributed by atoms with Crippen LogP contribution in [0.15, 0.2) is 73.1 Å². The van der Waals surface area contributed by atoms with E-state index >= 15 is 0 Å². The lowest BCUT2D eigenvalue weighted by molar-refractivity contribution is 0.0764. The third kappa shape index (κ3) is 4.76. The summed E-state index contributed by atoms with van der Waals surface area (Å²) in [5.74, 6) is -0.609. The molecule has 176 valence electrons. The highest BCUT2D eigenvalue weighted by atomic mass is 19.1. The molecule has 0 saturated heterocycles. The maximum atomic E-state index is 14.4. The molecular formula is C28H24FN3O3. The Morgan fingerprint density at radius 3 is 2.49 bits per heavy atom. The van der Waals surface area contributed by atoms with E-state index in [2.05, 4.69) is 9.97 Å². The van der Waals surface area contributed by atoms with Crippen molar-refractivity contribution in [3.05, 3.63) is 107 Å². The van der Waals surface area contributed by atoms with E-state index in [0.717, 1.165) is 33.5 Å². The van der Waals surface area contributed by atoms with Crippen molar-refractivity contribution in [2.24, 2.45) is 0 Å². The van der Waals surface area contributed by atoms with Gasteiger partial charge in [0.15, 0.2) is 11.6 Å². The number of fused-ring (bicyclic) bond motifs is 1. The monoisotopic (exact) mass is 469 g/mol. The summed E-state index contributed by atoms with van der Waals surface area (Å²) in [5, 5.41) is 0. The second kappa shape index (κ2) is 9.64. The Labute approximate surface area is 203 Å². The lowest BCUT2D eigenvalue weighted by Crippen LogP contribution is -2.23. The highest BCUT2D eigenvalue weighted by Gasteiger charge is 2.32. The summed E-state index contributed by atoms with van der Waals surface area (Å²) in [6.45, 7) is 3.17. The van der Waals surface area contributed by atoms with Gasteiger partial charge in [0.05, 0.1) is 6.61 Å². The van der Waals surface area contributed by atoms with Gasteiger partial charge in [-0.1, -0.05) is 30.3 Å². The number of amides is 1. The standard InChI is InChI=1S/C28H24FN3O3/c1-18-13-22(9-11-30-18)21-6-3-19(4-7-21)15-32-16-23-10-12-31-27(26(23)28(32)33)35-25-14-20(17-34-2)5-8-24(25)29/h3-14H,15-17H2,1-2H3. The molecule has 7 heteroatoms. The number of ether oxygens (including phenoxy) is 2. The highest BCUT2D eigenvalue weighted by Crippen LogP contribution is 2.34. The Hall–Kier alpha value is -4.10. The maximum Gasteiger partial charge on any atom is 0.260 e. The molecule has 2 aromatic heterocycles. The highest BCUT2D eigenvalue weighted by molar-refractivity contribution is 6.00. The van der Waals surface area contributed by atoms with Gasteiger partial charge in [-0.3, -0.25) is 9.78 Å². The summed E-state index contributed by atoms with van der Waals surface area (Å²) in [4.78, 5) is 23.5. The van der Waals surface area contributed by atoms with Crippen molar-refractivity contribution in [1.29, 1.82) is 0 Å². The average molecular weight is 470 g/mol. The number of halogens is 1. The first-order valence-electron chi connectivity index (χ1n) is 11.3. The fourth-order valence-corrected chi connectivity index (χ4v) is 4.22. The van der Waals surface area contributed by atoms with Crippen molar-refractivity contribution >= 4 is 5.91 Å². The molecule has 0 atom stereocenters. The molecule has 1 amide bonds. The van der Waals surface area contributed by atoms with E-state index < -0.39 is 5.82 Å². The van der Waals surface area contributed by atoms with E-state index in [0.29, 0.717) is 25.3 Å². The Kier molecular flexibility index (Phi) is 6.25. The van der Waals surface area contributed by atoms with Crippen molar-refractivity contribution in [3.8, 4) is 22.8 Å². The number of methoxy groups -OCH3 is 1. The van der Waals surface area contributed by atoms with Crippen molar-refractivity contribution in [3.63, 3.8) is 0 Å². The van der Waals surface area contributed by atoms with Crippen LogP contribution in [0.5, 0.6) is 11.6 Å². The number of rotatable bonds is 7. The van der Waals surface area contributed by atoms with E-state index in [4.69, 9.17) is 9.47 Å². The largest absolute Gasteiger partial charge is 0.435 e. The summed E-state index contributed by atoms with van der Waals surface area (Å²) >= 11 is 0. The minimum atomic E-state index is -0.531. The van der Waals surface area contributed by atoms with Crippen LogP contribution < -0.4 is 4.74 Å². The zero-order chi connectivity index (χ0) is 24.4. The number of benzene rings is 2. The molecule has 0 bridgehead atoms. The molecule has 4 aromatic rings. The molecule has 3 heterocycles. The minimum absolute atomic E-state index is 0.00800. The van der Waals surface area contributed by atoms with Crippen LogP contribution in [0.2, 0.25) is 0 Å². The molecule has 2 aromatic carbocycles. The van der Waals surface area contributed by atoms with Crippen LogP contribution in [0.25, 0.3) is 11.1 Å². The van der Waals surface area contributed by atoms with Crippen LogP contribution in [-0.2, 0) is 24.4 Å². The van der Waals surface area contributed by atoms with Gasteiger partial charge in [0, 0.05) is 38.3 Å². The van der Waals surface area contributed by atoms with E-state index in [9.17, 15) is 9.18 Å². The number of carbonyl (C=O) groups is 1. The summed E-state index contributed by atoms with van der Waals surface area (Å²) in [7, 11) is 1.57. The third-order valence-electron chi connectivity index (χ3n) is 5.94. The van der Waals surface area contributed by atoms with Crippen LogP contribution in [0.3, 0.4) is 0 Å². The van der Waals surface area contributed by atoms with Crippen LogP contribution in [0, 0.1) is 12.7 Å². The molecule has 6 nitrogen and oxygen atoms in total. The van der Waals surface area contributed by atoms with Gasteiger partial charge in [0.25, 0.3) is 5.91 Å². The van der Waals surface area contributed by atoms with Gasteiger partial charge >= 0.3 is 0 Å². The minimum Gasteiger partial charge on any atom is -0.435 e. The van der Waals surface area contributed by atoms with Gasteiger partial charge in [-0.25, -0.2) is 9.37 Å². The molecule has 0 N–H and O–H groups in total. The summed E-state index contributed by atoms with van der Waals surface area (Å²) in [6.07, 6.45) is 3.37. The Morgan fingerprint density at radius 1 is 0.943 bits per heavy atom. The number of aryl methyl sites for hydroxylation is 1. The number of hydrogen-bond donors (Lipinski definition) is 0. The molecule has 0 aliphatic carbocycles. The van der Waals surface area contributed by atoms with Gasteiger partial charge in [-0.05, 0) is 65.1 Å². The van der Waals surface area contributed by atoms with Gasteiger partial charge in [-0.15, -0.1) is 0 Å². The maximum absolute atomic E-state index is 14.4. The SMILES string of the molecule is COCc1ccc(F)c(Oc2nccc3c2C(=O)N(Cc2ccc(-c4ccnc(C)c4)cc2)C3)c1. The first kappa shape index (κ1) is 22.7. The van der Waals surface area contributed by atoms with Crippen LogP contribution >= 0.6 is 0 Å². The predicted molar refractivity (Wildman–Crippen MR) is 129 cm³/mol. The predicted octanol–water partition coefficient (Wildman–Crippen LogP) is 5.69. The van der Waals surface area contributed by atoms with E-state index in [1.165, 1.54) is 6.07 Å². The quantitative estimate of drug-likeness (QED) is 0.348. The molecule has 1 aliphatic rings. The smallest absolute Gasteiger partial charge is 0.260 e. The molecule has 0 spiro atoms. The lowest BCUT2D eigenvalue weighted by atomic mass is 10.0. The van der Waals surface area contributed by atoms with Gasteiger partial charge in [0.2, 0.25) is 5.88 Å². The fraction of sp³-hybridized carbons (Fsp3) is 0.179. The molecular weight excluding hydrogens is 445 g/mol. The zero-order valence-corrected chi connectivity index (χ0v) is 19.5. The number of pyridine rings is 2. The summed E-state index contributed by atoms with van der Waals surface area (Å²) < 4.78 is 25.3. The fourth-order valence-electron chi connectivity index (χ4n) is 4.22. The molecule has 1 aliphatic heterocycles. The second-order valence-electron chi connectivity index (χ2n) is 8.49. The second-order valence-corrected chi connectivity index (χ2v) is 8.49. The number of carbonyl (C=O) groups excluding carboxylic acids is 1. The molecule has 0 saturated carbocycles. The van der Waals surface area contributed by atoms with Crippen molar-refractivity contribution in [2.45, 2.75) is 26.6 Å². The lowest BCUT2D eigenvalue weighted by Gasteiger charge is -2.16. The molecule has 5 rings (SSSR count). The first-order valence-corrected chi connectivity index (χ1v) is 11.3. The van der Waals surface area contributed by atoms with Crippen LogP contribution in [-0.4, -0.2) is 27.9 Å². The first-order chi connectivity index (χ1) is 17.0. The van der Waals surface area contributed by atoms with Gasteiger partial charge in [-0.2, -0.15) is 0 Å². The summed E-state index contributed by atoms with van der Waals surface area (Å²) in [5.41, 5.74) is 6.09. The van der Waals surface area contributed by atoms with Crippen molar-refractivity contribution < 1.29 is 18.7 Å².